The van der Waals surface area contributed by atoms with Gasteiger partial charge in [-0.25, -0.2) is 0 Å². The van der Waals surface area contributed by atoms with Crippen molar-refractivity contribution < 1.29 is 4.42 Å². The van der Waals surface area contributed by atoms with Gasteiger partial charge >= 0.3 is 0 Å². The molecule has 0 aliphatic carbocycles. The molecule has 0 amide bonds. The molecule has 0 bridgehead atoms. The zero-order chi connectivity index (χ0) is 13.5. The maximum absolute atomic E-state index is 5.97. The number of nitrogens with zero attached hydrogens (tertiary/aromatic N) is 2. The summed E-state index contributed by atoms with van der Waals surface area (Å²) in [5.74, 6) is 2.00. The first-order valence-corrected chi connectivity index (χ1v) is 7.11. The van der Waals surface area contributed by atoms with Crippen molar-refractivity contribution in [1.82, 2.24) is 9.78 Å². The maximum Gasteiger partial charge on any atom is 0.156 e. The lowest BCUT2D eigenvalue weighted by atomic mass is 10.1. The average molecular weight is 267 g/mol. The van der Waals surface area contributed by atoms with Crippen LogP contribution in [0.2, 0.25) is 0 Å². The predicted octanol–water partition coefficient (Wildman–Crippen LogP) is 3.58. The fraction of sp³-hybridized carbons (Fsp3) is 0.312. The van der Waals surface area contributed by atoms with E-state index in [1.165, 1.54) is 18.4 Å². The van der Waals surface area contributed by atoms with E-state index in [1.807, 2.05) is 29.9 Å². The van der Waals surface area contributed by atoms with Crippen LogP contribution in [0.5, 0.6) is 0 Å². The summed E-state index contributed by atoms with van der Waals surface area (Å²) in [5.41, 5.74) is 3.18. The molecule has 3 heterocycles. The lowest BCUT2D eigenvalue weighted by molar-refractivity contribution is 0.623. The number of furan rings is 1. The Kier molecular flexibility index (Phi) is 2.55. The summed E-state index contributed by atoms with van der Waals surface area (Å²) in [7, 11) is 1.99. The second kappa shape index (κ2) is 4.40. The Labute approximate surface area is 117 Å². The first kappa shape index (κ1) is 11.6. The van der Waals surface area contributed by atoms with E-state index in [4.69, 9.17) is 4.42 Å². The Morgan fingerprint density at radius 2 is 2.15 bits per heavy atom. The van der Waals surface area contributed by atoms with E-state index in [-0.39, 0.29) is 0 Å². The number of fused-ring (bicyclic) bond motifs is 2. The smallest absolute Gasteiger partial charge is 0.156 e. The molecular weight excluding hydrogens is 250 g/mol. The number of para-hydroxylation sites is 1. The number of nitrogens with one attached hydrogen (secondary N) is 1. The predicted molar refractivity (Wildman–Crippen MR) is 79.8 cm³/mol. The highest BCUT2D eigenvalue weighted by Crippen LogP contribution is 2.34. The van der Waals surface area contributed by atoms with E-state index in [9.17, 15) is 0 Å². The molecule has 4 heteroatoms. The molecule has 0 unspecified atom stereocenters. The normalized spacial score (nSPS) is 14.8. The highest BCUT2D eigenvalue weighted by molar-refractivity contribution is 5.83. The Morgan fingerprint density at radius 3 is 3.05 bits per heavy atom. The Hall–Kier alpha value is -2.23. The second-order valence-electron chi connectivity index (χ2n) is 5.33. The van der Waals surface area contributed by atoms with Gasteiger partial charge in [-0.3, -0.25) is 4.68 Å². The fourth-order valence-electron chi connectivity index (χ4n) is 2.96. The van der Waals surface area contributed by atoms with Crippen LogP contribution in [0.4, 0.5) is 5.82 Å². The van der Waals surface area contributed by atoms with Crippen LogP contribution in [-0.2, 0) is 13.5 Å². The van der Waals surface area contributed by atoms with Crippen molar-refractivity contribution in [3.8, 4) is 11.5 Å². The molecule has 1 N–H and O–H groups in total. The number of anilines is 1. The van der Waals surface area contributed by atoms with Gasteiger partial charge in [0.1, 0.15) is 17.1 Å². The summed E-state index contributed by atoms with van der Waals surface area (Å²) >= 11 is 0. The van der Waals surface area contributed by atoms with Gasteiger partial charge in [0.15, 0.2) is 5.76 Å². The van der Waals surface area contributed by atoms with Crippen molar-refractivity contribution in [3.63, 3.8) is 0 Å². The van der Waals surface area contributed by atoms with Crippen LogP contribution in [0, 0.1) is 0 Å². The third kappa shape index (κ3) is 1.72. The van der Waals surface area contributed by atoms with E-state index in [1.54, 1.807) is 0 Å². The van der Waals surface area contributed by atoms with E-state index >= 15 is 0 Å². The van der Waals surface area contributed by atoms with Crippen molar-refractivity contribution in [2.45, 2.75) is 19.3 Å². The van der Waals surface area contributed by atoms with Crippen LogP contribution in [0.15, 0.2) is 34.7 Å². The Morgan fingerprint density at radius 1 is 1.25 bits per heavy atom. The second-order valence-corrected chi connectivity index (χ2v) is 5.33. The largest absolute Gasteiger partial charge is 0.454 e. The van der Waals surface area contributed by atoms with Crippen molar-refractivity contribution in [1.29, 1.82) is 0 Å². The molecule has 0 fully saturated rings. The van der Waals surface area contributed by atoms with Gasteiger partial charge in [0.05, 0.1) is 0 Å². The third-order valence-electron chi connectivity index (χ3n) is 3.95. The Balaban J connectivity index is 1.89. The molecule has 0 radical (unpaired) electrons. The monoisotopic (exact) mass is 267 g/mol. The van der Waals surface area contributed by atoms with E-state index in [0.29, 0.717) is 0 Å². The molecule has 1 aliphatic heterocycles. The average Bonchev–Trinajstić information content (AvgIpc) is 2.91. The number of benzene rings is 1. The highest BCUT2D eigenvalue weighted by atomic mass is 16.3. The highest BCUT2D eigenvalue weighted by Gasteiger charge is 2.21. The first-order valence-electron chi connectivity index (χ1n) is 7.11. The van der Waals surface area contributed by atoms with Gasteiger partial charge in [0.25, 0.3) is 0 Å². The summed E-state index contributed by atoms with van der Waals surface area (Å²) in [5, 5.41) is 9.26. The SMILES string of the molecule is Cn1nc(-c2cc3ccccc3o2)c2c1NCCCC2. The zero-order valence-electron chi connectivity index (χ0n) is 11.5. The summed E-state index contributed by atoms with van der Waals surface area (Å²) in [4.78, 5) is 0. The van der Waals surface area contributed by atoms with Gasteiger partial charge in [-0.2, -0.15) is 5.10 Å². The van der Waals surface area contributed by atoms with Crippen LogP contribution >= 0.6 is 0 Å². The third-order valence-corrected chi connectivity index (χ3v) is 3.95. The molecule has 1 aliphatic rings. The number of rotatable bonds is 1. The summed E-state index contributed by atoms with van der Waals surface area (Å²) < 4.78 is 7.90. The molecule has 3 aromatic rings. The van der Waals surface area contributed by atoms with Gasteiger partial charge in [0, 0.05) is 24.5 Å². The Bertz CT molecular complexity index is 736. The molecular formula is C16H17N3O. The lowest BCUT2D eigenvalue weighted by Crippen LogP contribution is -2.04. The van der Waals surface area contributed by atoms with Crippen molar-refractivity contribution in [2.75, 3.05) is 11.9 Å². The quantitative estimate of drug-likeness (QED) is 0.732. The molecule has 0 saturated carbocycles. The molecule has 4 rings (SSSR count). The van der Waals surface area contributed by atoms with E-state index < -0.39 is 0 Å². The molecule has 0 saturated heterocycles. The van der Waals surface area contributed by atoms with Crippen LogP contribution in [0.1, 0.15) is 18.4 Å². The van der Waals surface area contributed by atoms with Gasteiger partial charge < -0.3 is 9.73 Å². The maximum atomic E-state index is 5.97. The van der Waals surface area contributed by atoms with Crippen molar-refractivity contribution >= 4 is 16.8 Å². The summed E-state index contributed by atoms with van der Waals surface area (Å²) in [6, 6.07) is 10.2. The first-order chi connectivity index (χ1) is 9.83. The number of hydrogen-bond acceptors (Lipinski definition) is 3. The van der Waals surface area contributed by atoms with Crippen LogP contribution in [0.25, 0.3) is 22.4 Å². The molecule has 2 aromatic heterocycles. The van der Waals surface area contributed by atoms with Crippen molar-refractivity contribution in [3.05, 3.63) is 35.9 Å². The summed E-state index contributed by atoms with van der Waals surface area (Å²) in [6.45, 7) is 1.02. The number of aryl methyl sites for hydroxylation is 1. The molecule has 0 spiro atoms. The minimum absolute atomic E-state index is 0.867. The molecule has 4 nitrogen and oxygen atoms in total. The van der Waals surface area contributed by atoms with E-state index in [0.717, 1.165) is 41.2 Å². The molecule has 1 aromatic carbocycles. The number of aromatic nitrogens is 2. The van der Waals surface area contributed by atoms with Crippen LogP contribution in [-0.4, -0.2) is 16.3 Å². The number of hydrogen-bond donors (Lipinski definition) is 1. The van der Waals surface area contributed by atoms with Crippen LogP contribution in [0.3, 0.4) is 0 Å². The minimum Gasteiger partial charge on any atom is -0.454 e. The minimum atomic E-state index is 0.867. The van der Waals surface area contributed by atoms with Gasteiger partial charge in [-0.15, -0.1) is 0 Å². The molecule has 102 valence electrons. The van der Waals surface area contributed by atoms with Crippen LogP contribution < -0.4 is 5.32 Å². The fourth-order valence-corrected chi connectivity index (χ4v) is 2.96. The van der Waals surface area contributed by atoms with Gasteiger partial charge in [-0.1, -0.05) is 18.2 Å². The standard InChI is InChI=1S/C16H17N3O/c1-19-16-12(7-4-5-9-17-16)15(18-19)14-10-11-6-2-3-8-13(11)20-14/h2-3,6,8,10,17H,4-5,7,9H2,1H3. The lowest BCUT2D eigenvalue weighted by Gasteiger charge is -2.03. The van der Waals surface area contributed by atoms with Crippen molar-refractivity contribution in [2.24, 2.45) is 7.05 Å². The van der Waals surface area contributed by atoms with Gasteiger partial charge in [0.2, 0.25) is 0 Å². The molecule has 20 heavy (non-hydrogen) atoms. The zero-order valence-corrected chi connectivity index (χ0v) is 11.5. The van der Waals surface area contributed by atoms with E-state index in [2.05, 4.69) is 22.5 Å². The summed E-state index contributed by atoms with van der Waals surface area (Å²) in [6.07, 6.45) is 3.45. The van der Waals surface area contributed by atoms with Gasteiger partial charge in [-0.05, 0) is 31.4 Å². The topological polar surface area (TPSA) is 43.0 Å². The molecule has 0 atom stereocenters.